The van der Waals surface area contributed by atoms with Gasteiger partial charge in [0.1, 0.15) is 6.07 Å². The van der Waals surface area contributed by atoms with Crippen LogP contribution >= 0.6 is 0 Å². The number of nitrogens with zero attached hydrogens (tertiary/aromatic N) is 3. The molecule has 2 rings (SSSR count). The van der Waals surface area contributed by atoms with E-state index in [4.69, 9.17) is 0 Å². The maximum absolute atomic E-state index is 9.22. The molecule has 3 nitrogen and oxygen atoms in total. The standard InChI is InChI=1S/C14H19N3/c1-11-5-4-6-13(9-15)14(11)17-8-7-16(3)10-12(17)2/h4-6,12H,7-8,10H2,1-3H3. The number of likely N-dealkylation sites (N-methyl/N-ethyl adjacent to an activating group) is 1. The Hall–Kier alpha value is -1.53. The lowest BCUT2D eigenvalue weighted by atomic mass is 10.0. The molecule has 1 saturated heterocycles. The number of piperazine rings is 1. The minimum absolute atomic E-state index is 0.460. The van der Waals surface area contributed by atoms with Gasteiger partial charge in [0, 0.05) is 25.7 Å². The molecule has 0 aromatic heterocycles. The lowest BCUT2D eigenvalue weighted by Gasteiger charge is -2.40. The molecule has 1 aliphatic rings. The predicted molar refractivity (Wildman–Crippen MR) is 70.2 cm³/mol. The zero-order valence-electron chi connectivity index (χ0n) is 10.8. The van der Waals surface area contributed by atoms with Crippen LogP contribution in [-0.2, 0) is 0 Å². The van der Waals surface area contributed by atoms with Gasteiger partial charge in [-0.05, 0) is 32.5 Å². The Bertz CT molecular complexity index is 447. The summed E-state index contributed by atoms with van der Waals surface area (Å²) in [6, 6.07) is 8.72. The first-order valence-corrected chi connectivity index (χ1v) is 6.08. The second-order valence-corrected chi connectivity index (χ2v) is 4.89. The van der Waals surface area contributed by atoms with Crippen molar-refractivity contribution in [1.29, 1.82) is 5.26 Å². The summed E-state index contributed by atoms with van der Waals surface area (Å²) in [6.45, 7) is 7.42. The maximum Gasteiger partial charge on any atom is 0.101 e. The highest BCUT2D eigenvalue weighted by Gasteiger charge is 2.24. The second-order valence-electron chi connectivity index (χ2n) is 4.89. The van der Waals surface area contributed by atoms with E-state index in [0.717, 1.165) is 30.9 Å². The summed E-state index contributed by atoms with van der Waals surface area (Å²) in [5, 5.41) is 9.22. The van der Waals surface area contributed by atoms with Gasteiger partial charge in [-0.2, -0.15) is 5.26 Å². The van der Waals surface area contributed by atoms with Crippen LogP contribution in [-0.4, -0.2) is 37.6 Å². The Kier molecular flexibility index (Phi) is 3.35. The lowest BCUT2D eigenvalue weighted by molar-refractivity contribution is 0.275. The van der Waals surface area contributed by atoms with Crippen molar-refractivity contribution in [3.8, 4) is 6.07 Å². The van der Waals surface area contributed by atoms with E-state index in [1.54, 1.807) is 0 Å². The minimum atomic E-state index is 0.460. The van der Waals surface area contributed by atoms with Crippen LogP contribution in [0.3, 0.4) is 0 Å². The third kappa shape index (κ3) is 2.27. The zero-order valence-corrected chi connectivity index (χ0v) is 10.8. The first kappa shape index (κ1) is 11.9. The molecule has 0 N–H and O–H groups in total. The molecule has 0 bridgehead atoms. The van der Waals surface area contributed by atoms with Crippen molar-refractivity contribution >= 4 is 5.69 Å². The quantitative estimate of drug-likeness (QED) is 0.738. The van der Waals surface area contributed by atoms with Gasteiger partial charge < -0.3 is 9.80 Å². The summed E-state index contributed by atoms with van der Waals surface area (Å²) in [4.78, 5) is 4.71. The van der Waals surface area contributed by atoms with Gasteiger partial charge in [0.15, 0.2) is 0 Å². The van der Waals surface area contributed by atoms with Crippen molar-refractivity contribution in [1.82, 2.24) is 4.90 Å². The average molecular weight is 229 g/mol. The van der Waals surface area contributed by atoms with Crippen molar-refractivity contribution in [3.63, 3.8) is 0 Å². The Labute approximate surface area is 103 Å². The first-order valence-electron chi connectivity index (χ1n) is 6.08. The molecule has 90 valence electrons. The highest BCUT2D eigenvalue weighted by molar-refractivity contribution is 5.64. The molecule has 0 saturated carbocycles. The van der Waals surface area contributed by atoms with Gasteiger partial charge in [0.25, 0.3) is 0 Å². The van der Waals surface area contributed by atoms with Crippen LogP contribution in [0.4, 0.5) is 5.69 Å². The minimum Gasteiger partial charge on any atom is -0.365 e. The summed E-state index contributed by atoms with van der Waals surface area (Å²) in [6.07, 6.45) is 0. The molecule has 0 amide bonds. The Morgan fingerprint density at radius 2 is 2.12 bits per heavy atom. The van der Waals surface area contributed by atoms with Crippen molar-refractivity contribution in [2.24, 2.45) is 0 Å². The van der Waals surface area contributed by atoms with Crippen LogP contribution in [0.15, 0.2) is 18.2 Å². The number of hydrogen-bond donors (Lipinski definition) is 0. The second kappa shape index (κ2) is 4.77. The zero-order chi connectivity index (χ0) is 12.4. The number of aryl methyl sites for hydroxylation is 1. The lowest BCUT2D eigenvalue weighted by Crippen LogP contribution is -2.51. The van der Waals surface area contributed by atoms with Crippen LogP contribution in [0, 0.1) is 18.3 Å². The van der Waals surface area contributed by atoms with Gasteiger partial charge in [0.2, 0.25) is 0 Å². The monoisotopic (exact) mass is 229 g/mol. The fraction of sp³-hybridized carbons (Fsp3) is 0.500. The number of benzene rings is 1. The van der Waals surface area contributed by atoms with Gasteiger partial charge in [-0.3, -0.25) is 0 Å². The van der Waals surface area contributed by atoms with E-state index in [-0.39, 0.29) is 0 Å². The van der Waals surface area contributed by atoms with Crippen molar-refractivity contribution in [2.75, 3.05) is 31.6 Å². The van der Waals surface area contributed by atoms with E-state index >= 15 is 0 Å². The largest absolute Gasteiger partial charge is 0.365 e. The van der Waals surface area contributed by atoms with E-state index in [9.17, 15) is 5.26 Å². The number of anilines is 1. The highest BCUT2D eigenvalue weighted by atomic mass is 15.3. The van der Waals surface area contributed by atoms with Crippen LogP contribution in [0.25, 0.3) is 0 Å². The van der Waals surface area contributed by atoms with E-state index in [0.29, 0.717) is 6.04 Å². The molecule has 1 aliphatic heterocycles. The molecule has 0 spiro atoms. The Morgan fingerprint density at radius 1 is 1.35 bits per heavy atom. The summed E-state index contributed by atoms with van der Waals surface area (Å²) in [7, 11) is 2.15. The topological polar surface area (TPSA) is 30.3 Å². The van der Waals surface area contributed by atoms with Gasteiger partial charge in [-0.25, -0.2) is 0 Å². The number of hydrogen-bond acceptors (Lipinski definition) is 3. The number of para-hydroxylation sites is 1. The van der Waals surface area contributed by atoms with Crippen LogP contribution in [0.1, 0.15) is 18.1 Å². The Balaban J connectivity index is 2.37. The fourth-order valence-electron chi connectivity index (χ4n) is 2.60. The molecular formula is C14H19N3. The molecule has 0 radical (unpaired) electrons. The van der Waals surface area contributed by atoms with Crippen LogP contribution in [0.5, 0.6) is 0 Å². The molecule has 3 heteroatoms. The van der Waals surface area contributed by atoms with Gasteiger partial charge in [0.05, 0.1) is 11.3 Å². The summed E-state index contributed by atoms with van der Waals surface area (Å²) in [5.41, 5.74) is 3.11. The molecule has 0 aliphatic carbocycles. The maximum atomic E-state index is 9.22. The van der Waals surface area contributed by atoms with E-state index in [1.807, 2.05) is 12.1 Å². The third-order valence-electron chi connectivity index (χ3n) is 3.48. The predicted octanol–water partition coefficient (Wildman–Crippen LogP) is 2.01. The highest BCUT2D eigenvalue weighted by Crippen LogP contribution is 2.27. The first-order chi connectivity index (χ1) is 8.13. The number of nitriles is 1. The van der Waals surface area contributed by atoms with Crippen molar-refractivity contribution in [3.05, 3.63) is 29.3 Å². The summed E-state index contributed by atoms with van der Waals surface area (Å²) < 4.78 is 0. The van der Waals surface area contributed by atoms with Crippen LogP contribution < -0.4 is 4.90 Å². The number of rotatable bonds is 1. The summed E-state index contributed by atoms with van der Waals surface area (Å²) >= 11 is 0. The molecule has 1 unspecified atom stereocenters. The fourth-order valence-corrected chi connectivity index (χ4v) is 2.60. The van der Waals surface area contributed by atoms with E-state index in [1.165, 1.54) is 5.56 Å². The molecular weight excluding hydrogens is 210 g/mol. The third-order valence-corrected chi connectivity index (χ3v) is 3.48. The van der Waals surface area contributed by atoms with Gasteiger partial charge in [-0.1, -0.05) is 12.1 Å². The molecule has 17 heavy (non-hydrogen) atoms. The normalized spacial score (nSPS) is 21.3. The molecule has 1 aromatic carbocycles. The van der Waals surface area contributed by atoms with Gasteiger partial charge in [-0.15, -0.1) is 0 Å². The molecule has 1 aromatic rings. The van der Waals surface area contributed by atoms with Crippen LogP contribution in [0.2, 0.25) is 0 Å². The smallest absolute Gasteiger partial charge is 0.101 e. The summed E-state index contributed by atoms with van der Waals surface area (Å²) in [5.74, 6) is 0. The van der Waals surface area contributed by atoms with Crippen molar-refractivity contribution < 1.29 is 0 Å². The average Bonchev–Trinajstić information content (AvgIpc) is 2.30. The van der Waals surface area contributed by atoms with E-state index in [2.05, 4.69) is 42.8 Å². The molecule has 1 atom stereocenters. The SMILES string of the molecule is Cc1cccc(C#N)c1N1CCN(C)CC1C. The molecule has 1 fully saturated rings. The Morgan fingerprint density at radius 3 is 2.76 bits per heavy atom. The van der Waals surface area contributed by atoms with Gasteiger partial charge >= 0.3 is 0 Å². The molecule has 1 heterocycles. The van der Waals surface area contributed by atoms with E-state index < -0.39 is 0 Å². The van der Waals surface area contributed by atoms with Crippen molar-refractivity contribution in [2.45, 2.75) is 19.9 Å².